The second-order valence-corrected chi connectivity index (χ2v) is 1.59. The van der Waals surface area contributed by atoms with Crippen molar-refractivity contribution >= 4 is 5.69 Å². The Bertz CT molecular complexity index is 150. The van der Waals surface area contributed by atoms with E-state index in [-0.39, 0.29) is 11.9 Å². The standard InChI is InChI=1S/C6H7NO.H3N/c7-5-1-3-6(8)4-2-5;/h1-4,8H,7H2;1H3. The number of nitrogens with two attached hydrogens (primary N) is 1. The van der Waals surface area contributed by atoms with E-state index in [0.29, 0.717) is 5.69 Å². The molecule has 0 radical (unpaired) electrons. The zero-order valence-electron chi connectivity index (χ0n) is 5.04. The Morgan fingerprint density at radius 3 is 1.89 bits per heavy atom. The van der Waals surface area contributed by atoms with Gasteiger partial charge in [0.15, 0.2) is 0 Å². The third-order valence-electron chi connectivity index (χ3n) is 0.893. The first-order valence-electron chi connectivity index (χ1n) is 2.33. The SMILES string of the molecule is N.Nc1ccc(O)cc1. The number of hydrogen-bond acceptors (Lipinski definition) is 3. The summed E-state index contributed by atoms with van der Waals surface area (Å²) in [5.74, 6) is 0.249. The monoisotopic (exact) mass is 126 g/mol. The largest absolute Gasteiger partial charge is 0.508 e. The van der Waals surface area contributed by atoms with Gasteiger partial charge in [0.25, 0.3) is 0 Å². The summed E-state index contributed by atoms with van der Waals surface area (Å²) in [6, 6.07) is 6.40. The number of hydrogen-bond donors (Lipinski definition) is 3. The average molecular weight is 126 g/mol. The molecule has 50 valence electrons. The van der Waals surface area contributed by atoms with Gasteiger partial charge in [-0.1, -0.05) is 0 Å². The quantitative estimate of drug-likeness (QED) is 0.360. The van der Waals surface area contributed by atoms with Gasteiger partial charge in [0, 0.05) is 5.69 Å². The van der Waals surface area contributed by atoms with Crippen LogP contribution < -0.4 is 11.9 Å². The lowest BCUT2D eigenvalue weighted by Gasteiger charge is -1.89. The van der Waals surface area contributed by atoms with Gasteiger partial charge < -0.3 is 17.0 Å². The Morgan fingerprint density at radius 1 is 1.11 bits per heavy atom. The van der Waals surface area contributed by atoms with Gasteiger partial charge in [0.2, 0.25) is 0 Å². The van der Waals surface area contributed by atoms with E-state index in [0.717, 1.165) is 0 Å². The van der Waals surface area contributed by atoms with Crippen LogP contribution in [0.25, 0.3) is 0 Å². The van der Waals surface area contributed by atoms with Gasteiger partial charge in [-0.3, -0.25) is 0 Å². The smallest absolute Gasteiger partial charge is 0.115 e. The molecule has 0 amide bonds. The minimum atomic E-state index is 0. The summed E-state index contributed by atoms with van der Waals surface area (Å²) < 4.78 is 0. The molecule has 0 bridgehead atoms. The van der Waals surface area contributed by atoms with Crippen LogP contribution in [-0.2, 0) is 0 Å². The summed E-state index contributed by atoms with van der Waals surface area (Å²) in [5.41, 5.74) is 5.98. The van der Waals surface area contributed by atoms with Crippen molar-refractivity contribution in [3.05, 3.63) is 24.3 Å². The third-order valence-corrected chi connectivity index (χ3v) is 0.893. The number of rotatable bonds is 0. The summed E-state index contributed by atoms with van der Waals surface area (Å²) in [4.78, 5) is 0. The number of phenolic OH excluding ortho intramolecular Hbond substituents is 1. The van der Waals surface area contributed by atoms with Gasteiger partial charge in [0.05, 0.1) is 0 Å². The maximum absolute atomic E-state index is 8.70. The van der Waals surface area contributed by atoms with Crippen LogP contribution in [0.1, 0.15) is 0 Å². The summed E-state index contributed by atoms with van der Waals surface area (Å²) in [7, 11) is 0. The fraction of sp³-hybridized carbons (Fsp3) is 0. The highest BCUT2D eigenvalue weighted by molar-refractivity contribution is 5.40. The van der Waals surface area contributed by atoms with E-state index < -0.39 is 0 Å². The van der Waals surface area contributed by atoms with E-state index in [1.807, 2.05) is 0 Å². The number of nitrogen functional groups attached to an aromatic ring is 1. The Balaban J connectivity index is 0.000000640. The minimum Gasteiger partial charge on any atom is -0.508 e. The molecule has 0 saturated carbocycles. The lowest BCUT2D eigenvalue weighted by molar-refractivity contribution is 0.475. The van der Waals surface area contributed by atoms with Crippen molar-refractivity contribution in [2.24, 2.45) is 0 Å². The average Bonchev–Trinajstić information content (AvgIpc) is 1.77. The van der Waals surface area contributed by atoms with E-state index in [1.54, 1.807) is 24.3 Å². The molecular formula is C6H10N2O. The molecule has 6 N–H and O–H groups in total. The summed E-state index contributed by atoms with van der Waals surface area (Å²) in [5, 5.41) is 8.70. The molecule has 3 heteroatoms. The van der Waals surface area contributed by atoms with Crippen molar-refractivity contribution < 1.29 is 5.11 Å². The van der Waals surface area contributed by atoms with E-state index in [4.69, 9.17) is 10.8 Å². The van der Waals surface area contributed by atoms with E-state index in [1.165, 1.54) is 0 Å². The lowest BCUT2D eigenvalue weighted by atomic mass is 10.3. The fourth-order valence-electron chi connectivity index (χ4n) is 0.474. The lowest BCUT2D eigenvalue weighted by Crippen LogP contribution is -1.80. The third kappa shape index (κ3) is 2.01. The predicted molar refractivity (Wildman–Crippen MR) is 37.5 cm³/mol. The molecule has 0 fully saturated rings. The Hall–Kier alpha value is -1.22. The molecule has 0 heterocycles. The molecule has 1 rings (SSSR count). The second kappa shape index (κ2) is 2.94. The van der Waals surface area contributed by atoms with Gasteiger partial charge in [0.1, 0.15) is 5.75 Å². The molecule has 0 aliphatic heterocycles. The Morgan fingerprint density at radius 2 is 1.56 bits per heavy atom. The maximum Gasteiger partial charge on any atom is 0.115 e. The summed E-state index contributed by atoms with van der Waals surface area (Å²) >= 11 is 0. The minimum absolute atomic E-state index is 0. The molecule has 0 saturated heterocycles. The molecule has 1 aromatic carbocycles. The predicted octanol–water partition coefficient (Wildman–Crippen LogP) is 1.14. The van der Waals surface area contributed by atoms with Gasteiger partial charge in [-0.15, -0.1) is 0 Å². The zero-order valence-corrected chi connectivity index (χ0v) is 5.04. The maximum atomic E-state index is 8.70. The van der Waals surface area contributed by atoms with Crippen molar-refractivity contribution in [2.45, 2.75) is 0 Å². The Labute approximate surface area is 53.7 Å². The topological polar surface area (TPSA) is 81.2 Å². The van der Waals surface area contributed by atoms with Crippen molar-refractivity contribution in [1.29, 1.82) is 0 Å². The fourth-order valence-corrected chi connectivity index (χ4v) is 0.474. The zero-order chi connectivity index (χ0) is 5.98. The molecule has 0 unspecified atom stereocenters. The van der Waals surface area contributed by atoms with Crippen LogP contribution in [0.3, 0.4) is 0 Å². The van der Waals surface area contributed by atoms with Crippen LogP contribution >= 0.6 is 0 Å². The van der Waals surface area contributed by atoms with Crippen LogP contribution in [-0.4, -0.2) is 5.11 Å². The van der Waals surface area contributed by atoms with Crippen molar-refractivity contribution in [1.82, 2.24) is 6.15 Å². The van der Waals surface area contributed by atoms with Crippen LogP contribution in [0.5, 0.6) is 5.75 Å². The van der Waals surface area contributed by atoms with Gasteiger partial charge in [-0.05, 0) is 24.3 Å². The first kappa shape index (κ1) is 7.78. The molecule has 1 aromatic rings. The number of aromatic hydroxyl groups is 1. The highest BCUT2D eigenvalue weighted by Crippen LogP contribution is 2.09. The highest BCUT2D eigenvalue weighted by atomic mass is 16.3. The van der Waals surface area contributed by atoms with E-state index in [2.05, 4.69) is 0 Å². The molecule has 0 aromatic heterocycles. The van der Waals surface area contributed by atoms with Crippen LogP contribution in [0.4, 0.5) is 5.69 Å². The van der Waals surface area contributed by atoms with Gasteiger partial charge in [-0.25, -0.2) is 0 Å². The number of anilines is 1. The first-order valence-corrected chi connectivity index (χ1v) is 2.33. The van der Waals surface area contributed by atoms with E-state index in [9.17, 15) is 0 Å². The van der Waals surface area contributed by atoms with E-state index >= 15 is 0 Å². The van der Waals surface area contributed by atoms with Gasteiger partial charge in [-0.2, -0.15) is 0 Å². The molecule has 0 atom stereocenters. The van der Waals surface area contributed by atoms with Crippen molar-refractivity contribution in [3.63, 3.8) is 0 Å². The number of phenols is 1. The van der Waals surface area contributed by atoms with Crippen molar-refractivity contribution in [3.8, 4) is 5.75 Å². The second-order valence-electron chi connectivity index (χ2n) is 1.59. The summed E-state index contributed by atoms with van der Waals surface area (Å²) in [6.45, 7) is 0. The first-order chi connectivity index (χ1) is 3.79. The van der Waals surface area contributed by atoms with Crippen LogP contribution in [0, 0.1) is 0 Å². The van der Waals surface area contributed by atoms with Crippen LogP contribution in [0.2, 0.25) is 0 Å². The number of benzene rings is 1. The molecule has 0 aliphatic rings. The Kier molecular flexibility index (Phi) is 2.54. The highest BCUT2D eigenvalue weighted by Gasteiger charge is 1.82. The normalized spacial score (nSPS) is 8.00. The van der Waals surface area contributed by atoms with Gasteiger partial charge >= 0.3 is 0 Å². The molecule has 0 aliphatic carbocycles. The summed E-state index contributed by atoms with van der Waals surface area (Å²) in [6.07, 6.45) is 0. The molecule has 3 nitrogen and oxygen atoms in total. The molecule has 0 spiro atoms. The van der Waals surface area contributed by atoms with Crippen molar-refractivity contribution in [2.75, 3.05) is 5.73 Å². The molecule has 9 heavy (non-hydrogen) atoms. The molecular weight excluding hydrogens is 116 g/mol. The van der Waals surface area contributed by atoms with Crippen LogP contribution in [0.15, 0.2) is 24.3 Å².